The highest BCUT2D eigenvalue weighted by Crippen LogP contribution is 2.27. The van der Waals surface area contributed by atoms with Gasteiger partial charge in [-0.2, -0.15) is 11.8 Å². The highest BCUT2D eigenvalue weighted by molar-refractivity contribution is 8.77. The Kier molecular flexibility index (Phi) is 7.83. The summed E-state index contributed by atoms with van der Waals surface area (Å²) in [5.41, 5.74) is 2.79. The molecule has 3 heteroatoms. The van der Waals surface area contributed by atoms with Gasteiger partial charge in [0.05, 0.1) is 0 Å². The van der Waals surface area contributed by atoms with Crippen LogP contribution in [0.25, 0.3) is 0 Å². The molecule has 20 heavy (non-hydrogen) atoms. The first-order chi connectivity index (χ1) is 9.95. The maximum atomic E-state index is 2.25. The third kappa shape index (κ3) is 6.60. The Hall–Kier alpha value is -0.770. The van der Waals surface area contributed by atoms with Gasteiger partial charge in [-0.05, 0) is 16.5 Å². The van der Waals surface area contributed by atoms with Gasteiger partial charge in [0.2, 0.25) is 0 Å². The predicted octanol–water partition coefficient (Wildman–Crippen LogP) is 6.02. The summed E-state index contributed by atoms with van der Waals surface area (Å²) in [6, 6.07) is 21.2. The van der Waals surface area contributed by atoms with Crippen LogP contribution >= 0.6 is 33.3 Å². The van der Waals surface area contributed by atoms with Crippen LogP contribution in [-0.4, -0.2) is 5.75 Å². The molecule has 2 aromatic carbocycles. The van der Waals surface area contributed by atoms with E-state index in [0.717, 1.165) is 17.3 Å². The van der Waals surface area contributed by atoms with Crippen molar-refractivity contribution in [3.63, 3.8) is 0 Å². The zero-order valence-corrected chi connectivity index (χ0v) is 13.7. The van der Waals surface area contributed by atoms with Gasteiger partial charge in [-0.1, -0.05) is 88.3 Å². The second kappa shape index (κ2) is 10.0. The SMILES string of the molecule is C(=C\SSCc1ccccc1)/CSCc1ccccc1. The van der Waals surface area contributed by atoms with E-state index in [9.17, 15) is 0 Å². The van der Waals surface area contributed by atoms with Crippen molar-refractivity contribution in [1.82, 2.24) is 0 Å². The van der Waals surface area contributed by atoms with E-state index in [1.807, 2.05) is 33.3 Å². The fourth-order valence-corrected chi connectivity index (χ4v) is 4.25. The van der Waals surface area contributed by atoms with Crippen molar-refractivity contribution >= 4 is 33.3 Å². The zero-order valence-electron chi connectivity index (χ0n) is 11.3. The van der Waals surface area contributed by atoms with Gasteiger partial charge >= 0.3 is 0 Å². The van der Waals surface area contributed by atoms with Crippen LogP contribution in [-0.2, 0) is 11.5 Å². The first-order valence-corrected chi connectivity index (χ1v) is 10.1. The summed E-state index contributed by atoms with van der Waals surface area (Å²) in [6.45, 7) is 0. The smallest absolute Gasteiger partial charge is 0.0291 e. The van der Waals surface area contributed by atoms with E-state index >= 15 is 0 Å². The van der Waals surface area contributed by atoms with Crippen LogP contribution in [0, 0.1) is 0 Å². The minimum atomic E-state index is 1.06. The molecular weight excluding hydrogens is 300 g/mol. The van der Waals surface area contributed by atoms with E-state index < -0.39 is 0 Å². The lowest BCUT2D eigenvalue weighted by atomic mass is 10.2. The lowest BCUT2D eigenvalue weighted by Crippen LogP contribution is -1.79. The third-order valence-corrected chi connectivity index (χ3v) is 5.57. The van der Waals surface area contributed by atoms with Crippen LogP contribution in [0.3, 0.4) is 0 Å². The standard InChI is InChI=1S/C17H18S3/c1-3-8-16(9-4-1)14-18-12-7-13-19-20-15-17-10-5-2-6-11-17/h1-11,13H,12,14-15H2/b13-7+. The van der Waals surface area contributed by atoms with Gasteiger partial charge in [-0.15, -0.1) is 0 Å². The Balaban J connectivity index is 1.52. The average Bonchev–Trinajstić information content (AvgIpc) is 2.52. The molecule has 0 radical (unpaired) electrons. The molecule has 0 saturated heterocycles. The molecule has 0 aliphatic carbocycles. The van der Waals surface area contributed by atoms with Crippen LogP contribution in [0.2, 0.25) is 0 Å². The Labute approximate surface area is 133 Å². The summed E-state index contributed by atoms with van der Waals surface area (Å²) < 4.78 is 0. The molecule has 0 N–H and O–H groups in total. The van der Waals surface area contributed by atoms with E-state index in [-0.39, 0.29) is 0 Å². The summed E-state index contributed by atoms with van der Waals surface area (Å²) in [4.78, 5) is 0. The molecule has 0 heterocycles. The molecule has 2 rings (SSSR count). The summed E-state index contributed by atoms with van der Waals surface area (Å²) >= 11 is 1.95. The minimum Gasteiger partial charge on any atom is -0.153 e. The molecule has 0 bridgehead atoms. The quantitative estimate of drug-likeness (QED) is 0.432. The Morgan fingerprint density at radius 3 is 2.00 bits per heavy atom. The molecule has 0 nitrogen and oxygen atoms in total. The molecule has 0 aliphatic rings. The van der Waals surface area contributed by atoms with Crippen molar-refractivity contribution in [3.8, 4) is 0 Å². The fraction of sp³-hybridized carbons (Fsp3) is 0.176. The second-order valence-electron chi connectivity index (χ2n) is 4.22. The highest BCUT2D eigenvalue weighted by atomic mass is 33.1. The number of thioether (sulfide) groups is 1. The first kappa shape index (κ1) is 15.6. The Morgan fingerprint density at radius 1 is 0.750 bits per heavy atom. The van der Waals surface area contributed by atoms with Gasteiger partial charge in [0.15, 0.2) is 0 Å². The lowest BCUT2D eigenvalue weighted by molar-refractivity contribution is 1.41. The molecule has 0 spiro atoms. The zero-order chi connectivity index (χ0) is 13.9. The molecule has 0 fully saturated rings. The monoisotopic (exact) mass is 318 g/mol. The van der Waals surface area contributed by atoms with Gasteiger partial charge in [0, 0.05) is 17.3 Å². The summed E-state index contributed by atoms with van der Waals surface area (Å²) in [6.07, 6.45) is 2.25. The minimum absolute atomic E-state index is 1.06. The van der Waals surface area contributed by atoms with Crippen molar-refractivity contribution < 1.29 is 0 Å². The molecule has 0 aliphatic heterocycles. The largest absolute Gasteiger partial charge is 0.153 e. The molecular formula is C17H18S3. The third-order valence-electron chi connectivity index (χ3n) is 2.61. The molecule has 0 aromatic heterocycles. The second-order valence-corrected chi connectivity index (χ2v) is 7.52. The highest BCUT2D eigenvalue weighted by Gasteiger charge is 1.92. The number of hydrogen-bond acceptors (Lipinski definition) is 3. The Bertz CT molecular complexity index is 447. The maximum absolute atomic E-state index is 2.25. The molecule has 0 saturated carbocycles. The van der Waals surface area contributed by atoms with Crippen LogP contribution < -0.4 is 0 Å². The fourth-order valence-electron chi connectivity index (χ4n) is 1.61. The molecule has 0 unspecified atom stereocenters. The van der Waals surface area contributed by atoms with Gasteiger partial charge in [-0.3, -0.25) is 0 Å². The predicted molar refractivity (Wildman–Crippen MR) is 97.1 cm³/mol. The van der Waals surface area contributed by atoms with E-state index in [0.29, 0.717) is 0 Å². The van der Waals surface area contributed by atoms with E-state index in [1.54, 1.807) is 0 Å². The maximum Gasteiger partial charge on any atom is 0.0291 e. The number of rotatable bonds is 8. The summed E-state index contributed by atoms with van der Waals surface area (Å²) in [5, 5.41) is 2.20. The van der Waals surface area contributed by atoms with Crippen molar-refractivity contribution in [2.75, 3.05) is 5.75 Å². The van der Waals surface area contributed by atoms with Crippen molar-refractivity contribution in [3.05, 3.63) is 83.3 Å². The molecule has 0 amide bonds. The van der Waals surface area contributed by atoms with Crippen molar-refractivity contribution in [1.29, 1.82) is 0 Å². The van der Waals surface area contributed by atoms with Crippen LogP contribution in [0.15, 0.2) is 72.1 Å². The number of hydrogen-bond donors (Lipinski definition) is 0. The lowest BCUT2D eigenvalue weighted by Gasteiger charge is -1.99. The van der Waals surface area contributed by atoms with Crippen LogP contribution in [0.5, 0.6) is 0 Å². The number of benzene rings is 2. The van der Waals surface area contributed by atoms with E-state index in [2.05, 4.69) is 72.1 Å². The van der Waals surface area contributed by atoms with Crippen molar-refractivity contribution in [2.24, 2.45) is 0 Å². The van der Waals surface area contributed by atoms with Crippen LogP contribution in [0.1, 0.15) is 11.1 Å². The van der Waals surface area contributed by atoms with Crippen molar-refractivity contribution in [2.45, 2.75) is 11.5 Å². The molecule has 0 atom stereocenters. The van der Waals surface area contributed by atoms with Gasteiger partial charge in [0.1, 0.15) is 0 Å². The average molecular weight is 319 g/mol. The molecule has 2 aromatic rings. The summed E-state index contributed by atoms with van der Waals surface area (Å²) in [7, 11) is 3.70. The topological polar surface area (TPSA) is 0 Å². The van der Waals surface area contributed by atoms with Gasteiger partial charge < -0.3 is 0 Å². The Morgan fingerprint density at radius 2 is 1.35 bits per heavy atom. The van der Waals surface area contributed by atoms with Gasteiger partial charge in [-0.25, -0.2) is 0 Å². The van der Waals surface area contributed by atoms with E-state index in [1.165, 1.54) is 11.1 Å². The normalized spacial score (nSPS) is 11.0. The van der Waals surface area contributed by atoms with E-state index in [4.69, 9.17) is 0 Å². The van der Waals surface area contributed by atoms with Crippen LogP contribution in [0.4, 0.5) is 0 Å². The first-order valence-electron chi connectivity index (χ1n) is 6.54. The molecule has 104 valence electrons. The van der Waals surface area contributed by atoms with Gasteiger partial charge in [0.25, 0.3) is 0 Å². The summed E-state index contributed by atoms with van der Waals surface area (Å²) in [5.74, 6) is 3.23.